The van der Waals surface area contributed by atoms with Crippen molar-refractivity contribution in [1.82, 2.24) is 15.1 Å². The zero-order valence-electron chi connectivity index (χ0n) is 19.9. The number of hydrogen-bond donors (Lipinski definition) is 3. The van der Waals surface area contributed by atoms with Crippen molar-refractivity contribution in [2.45, 2.75) is 25.7 Å². The third kappa shape index (κ3) is 5.86. The lowest BCUT2D eigenvalue weighted by atomic mass is 9.83. The summed E-state index contributed by atoms with van der Waals surface area (Å²) in [5.41, 5.74) is 7.61. The number of benzene rings is 2. The molecule has 3 aromatic rings. The van der Waals surface area contributed by atoms with Gasteiger partial charge in [0.05, 0.1) is 17.5 Å². The minimum Gasteiger partial charge on any atom is -0.481 e. The average molecular weight is 488 g/mol. The second-order valence-corrected chi connectivity index (χ2v) is 9.02. The van der Waals surface area contributed by atoms with Gasteiger partial charge in [-0.1, -0.05) is 54.6 Å². The minimum atomic E-state index is -1.12. The predicted molar refractivity (Wildman–Crippen MR) is 135 cm³/mol. The Balaban J connectivity index is 1.37. The smallest absolute Gasteiger partial charge is 0.304 e. The normalized spacial score (nSPS) is 17.2. The molecule has 1 aromatic heterocycles. The van der Waals surface area contributed by atoms with Crippen molar-refractivity contribution in [3.8, 4) is 17.1 Å². The number of likely N-dealkylation sites (tertiary alicyclic amines) is 1. The summed E-state index contributed by atoms with van der Waals surface area (Å²) in [5.74, 6) is -1.01. The van der Waals surface area contributed by atoms with Crippen molar-refractivity contribution in [3.63, 3.8) is 0 Å². The lowest BCUT2D eigenvalue weighted by Crippen LogP contribution is -2.41. The molecule has 1 atom stereocenters. The molecule has 2 heterocycles. The summed E-state index contributed by atoms with van der Waals surface area (Å²) >= 11 is 0. The zero-order valence-corrected chi connectivity index (χ0v) is 19.9. The number of carbonyl (C=O) groups excluding carboxylic acids is 1. The van der Waals surface area contributed by atoms with Gasteiger partial charge in [-0.25, -0.2) is 0 Å². The van der Waals surface area contributed by atoms with Gasteiger partial charge in [-0.2, -0.15) is 0 Å². The Labute approximate surface area is 209 Å². The van der Waals surface area contributed by atoms with Gasteiger partial charge in [0, 0.05) is 30.3 Å². The van der Waals surface area contributed by atoms with E-state index < -0.39 is 11.4 Å². The Kier molecular flexibility index (Phi) is 7.58. The van der Waals surface area contributed by atoms with Gasteiger partial charge in [0.2, 0.25) is 11.8 Å². The molecule has 1 amide bonds. The number of aromatic nitrogens is 2. The first kappa shape index (κ1) is 24.8. The van der Waals surface area contributed by atoms with E-state index in [2.05, 4.69) is 22.3 Å². The molecule has 9 nitrogen and oxygen atoms in total. The van der Waals surface area contributed by atoms with E-state index in [1.165, 1.54) is 5.56 Å². The van der Waals surface area contributed by atoms with E-state index in [1.54, 1.807) is 41.3 Å². The summed E-state index contributed by atoms with van der Waals surface area (Å²) in [6.45, 7) is 1.01. The molecule has 0 spiro atoms. The first-order valence-electron chi connectivity index (χ1n) is 11.8. The number of nitrogens with two attached hydrogens (primary N) is 1. The number of nitrogens with zero attached hydrogens (tertiary/aromatic N) is 3. The maximum Gasteiger partial charge on any atom is 0.304 e. The number of ether oxygens (including phenoxy) is 1. The molecule has 0 aliphatic carbocycles. The van der Waals surface area contributed by atoms with Crippen LogP contribution in [0.4, 0.5) is 0 Å². The van der Waals surface area contributed by atoms with Crippen LogP contribution in [0.5, 0.6) is 5.88 Å². The van der Waals surface area contributed by atoms with Crippen LogP contribution in [0.15, 0.2) is 66.7 Å². The van der Waals surface area contributed by atoms with Gasteiger partial charge in [-0.05, 0) is 30.9 Å². The van der Waals surface area contributed by atoms with Crippen molar-refractivity contribution in [2.24, 2.45) is 11.1 Å². The van der Waals surface area contributed by atoms with Crippen LogP contribution in [0.25, 0.3) is 11.3 Å². The molecule has 0 saturated carbocycles. The number of carboxylic acid groups (broad SMARTS) is 1. The molecular weight excluding hydrogens is 458 g/mol. The van der Waals surface area contributed by atoms with Gasteiger partial charge < -0.3 is 20.5 Å². The number of carboxylic acids is 1. The first-order valence-corrected chi connectivity index (χ1v) is 11.8. The Morgan fingerprint density at radius 1 is 1.08 bits per heavy atom. The maximum absolute atomic E-state index is 13.3. The van der Waals surface area contributed by atoms with E-state index in [0.717, 1.165) is 18.4 Å². The van der Waals surface area contributed by atoms with E-state index in [0.29, 0.717) is 30.8 Å². The molecule has 0 bridgehead atoms. The van der Waals surface area contributed by atoms with Gasteiger partial charge in [0.15, 0.2) is 0 Å². The molecule has 186 valence electrons. The van der Waals surface area contributed by atoms with Crippen LogP contribution in [0.1, 0.15) is 30.4 Å². The number of carbonyl (C=O) groups is 2. The van der Waals surface area contributed by atoms with Crippen LogP contribution in [0.2, 0.25) is 0 Å². The van der Waals surface area contributed by atoms with Gasteiger partial charge in [-0.15, -0.1) is 10.2 Å². The van der Waals surface area contributed by atoms with Crippen molar-refractivity contribution < 1.29 is 19.4 Å². The highest BCUT2D eigenvalue weighted by atomic mass is 16.5. The lowest BCUT2D eigenvalue weighted by Gasteiger charge is -2.26. The standard InChI is InChI=1S/C27H29N5O4/c28-25(29)21-10-8-20(9-11-21)22-12-13-23(31-30-22)36-18-27(17-24(33)34)14-16-32(26(27)35)15-4-7-19-5-2-1-3-6-19/h1-3,5-6,8-13H,4,7,14-18H2,(H3,28,29)(H,33,34). The van der Waals surface area contributed by atoms with Crippen LogP contribution in [0, 0.1) is 10.8 Å². The molecule has 1 fully saturated rings. The zero-order chi connectivity index (χ0) is 25.5. The molecule has 9 heteroatoms. The van der Waals surface area contributed by atoms with E-state index in [1.807, 2.05) is 18.2 Å². The maximum atomic E-state index is 13.3. The number of nitrogen functional groups attached to an aromatic ring is 1. The van der Waals surface area contributed by atoms with E-state index in [4.69, 9.17) is 15.9 Å². The van der Waals surface area contributed by atoms with Gasteiger partial charge in [0.25, 0.3) is 0 Å². The Morgan fingerprint density at radius 3 is 2.47 bits per heavy atom. The fourth-order valence-electron chi connectivity index (χ4n) is 4.45. The third-order valence-electron chi connectivity index (χ3n) is 6.46. The van der Waals surface area contributed by atoms with E-state index >= 15 is 0 Å². The minimum absolute atomic E-state index is 0.0112. The van der Waals surface area contributed by atoms with Gasteiger partial charge in [-0.3, -0.25) is 15.0 Å². The van der Waals surface area contributed by atoms with Crippen molar-refractivity contribution in [2.75, 3.05) is 19.7 Å². The lowest BCUT2D eigenvalue weighted by molar-refractivity contribution is -0.148. The highest BCUT2D eigenvalue weighted by Crippen LogP contribution is 2.36. The van der Waals surface area contributed by atoms with Crippen LogP contribution >= 0.6 is 0 Å². The van der Waals surface area contributed by atoms with Crippen molar-refractivity contribution in [1.29, 1.82) is 5.41 Å². The van der Waals surface area contributed by atoms with Crippen LogP contribution < -0.4 is 10.5 Å². The van der Waals surface area contributed by atoms with E-state index in [9.17, 15) is 14.7 Å². The fourth-order valence-corrected chi connectivity index (χ4v) is 4.45. The SMILES string of the molecule is N=C(N)c1ccc(-c2ccc(OCC3(CC(=O)O)CCN(CCCc4ccccc4)C3=O)nn2)cc1. The van der Waals surface area contributed by atoms with Gasteiger partial charge in [0.1, 0.15) is 12.4 Å². The number of rotatable bonds is 11. The molecule has 1 unspecified atom stereocenters. The Morgan fingerprint density at radius 2 is 1.83 bits per heavy atom. The summed E-state index contributed by atoms with van der Waals surface area (Å²) < 4.78 is 5.80. The molecule has 36 heavy (non-hydrogen) atoms. The number of amides is 1. The molecule has 1 saturated heterocycles. The summed E-state index contributed by atoms with van der Waals surface area (Å²) in [7, 11) is 0. The summed E-state index contributed by atoms with van der Waals surface area (Å²) in [5, 5.41) is 25.3. The molecule has 2 aromatic carbocycles. The highest BCUT2D eigenvalue weighted by molar-refractivity contribution is 5.95. The molecular formula is C27H29N5O4. The van der Waals surface area contributed by atoms with Crippen LogP contribution in [-0.2, 0) is 16.0 Å². The first-order chi connectivity index (χ1) is 17.4. The Hall–Kier alpha value is -4.27. The van der Waals surface area contributed by atoms with Crippen LogP contribution in [-0.4, -0.2) is 57.6 Å². The fraction of sp³-hybridized carbons (Fsp3) is 0.296. The largest absolute Gasteiger partial charge is 0.481 e. The average Bonchev–Trinajstić information content (AvgIpc) is 3.18. The van der Waals surface area contributed by atoms with Crippen molar-refractivity contribution >= 4 is 17.7 Å². The second-order valence-electron chi connectivity index (χ2n) is 9.02. The predicted octanol–water partition coefficient (Wildman–Crippen LogP) is 3.13. The van der Waals surface area contributed by atoms with E-state index in [-0.39, 0.29) is 30.7 Å². The van der Waals surface area contributed by atoms with Crippen molar-refractivity contribution in [3.05, 3.63) is 77.9 Å². The summed E-state index contributed by atoms with van der Waals surface area (Å²) in [4.78, 5) is 26.6. The number of aryl methyl sites for hydroxylation is 1. The quantitative estimate of drug-likeness (QED) is 0.278. The summed E-state index contributed by atoms with van der Waals surface area (Å²) in [6, 6.07) is 20.5. The number of hydrogen-bond acceptors (Lipinski definition) is 6. The van der Waals surface area contributed by atoms with Crippen LogP contribution in [0.3, 0.4) is 0 Å². The monoisotopic (exact) mass is 487 g/mol. The molecule has 1 aliphatic heterocycles. The topological polar surface area (TPSA) is 142 Å². The highest BCUT2D eigenvalue weighted by Gasteiger charge is 2.48. The summed E-state index contributed by atoms with van der Waals surface area (Å²) in [6.07, 6.45) is 1.78. The Bertz CT molecular complexity index is 1220. The third-order valence-corrected chi connectivity index (χ3v) is 6.46. The van der Waals surface area contributed by atoms with Gasteiger partial charge >= 0.3 is 5.97 Å². The molecule has 1 aliphatic rings. The number of amidine groups is 1. The molecule has 4 rings (SSSR count). The molecule has 0 radical (unpaired) electrons. The molecule has 4 N–H and O–H groups in total. The second kappa shape index (κ2) is 11.0. The number of nitrogens with one attached hydrogen (secondary N) is 1. The number of aliphatic carboxylic acids is 1.